The summed E-state index contributed by atoms with van der Waals surface area (Å²) in [7, 11) is 0. The minimum absolute atomic E-state index is 0.0291. The highest BCUT2D eigenvalue weighted by molar-refractivity contribution is 7.80. The molecule has 0 aromatic carbocycles. The van der Waals surface area contributed by atoms with Gasteiger partial charge in [-0.05, 0) is 25.7 Å². The number of nitrogens with one attached hydrogen (secondary N) is 3. The van der Waals surface area contributed by atoms with Crippen LogP contribution in [0.25, 0.3) is 0 Å². The first-order chi connectivity index (χ1) is 14.4. The van der Waals surface area contributed by atoms with Gasteiger partial charge in [0, 0.05) is 12.3 Å². The van der Waals surface area contributed by atoms with Gasteiger partial charge in [0.15, 0.2) is 5.96 Å². The molecule has 0 heterocycles. The minimum Gasteiger partial charge on any atom is -0.480 e. The summed E-state index contributed by atoms with van der Waals surface area (Å²) in [4.78, 5) is 52.2. The average Bonchev–Trinajstić information content (AvgIpc) is 2.71. The van der Waals surface area contributed by atoms with Crippen LogP contribution >= 0.6 is 12.6 Å². The van der Waals surface area contributed by atoms with Crippen LogP contribution in [0.2, 0.25) is 0 Å². The lowest BCUT2D eigenvalue weighted by molar-refractivity contribution is -0.142. The first-order valence-electron chi connectivity index (χ1n) is 10.00. The van der Waals surface area contributed by atoms with Gasteiger partial charge in [0.2, 0.25) is 17.7 Å². The highest BCUT2D eigenvalue weighted by Gasteiger charge is 2.31. The normalized spacial score (nSPS) is 15.5. The van der Waals surface area contributed by atoms with E-state index in [-0.39, 0.29) is 17.6 Å². The molecule has 0 aromatic heterocycles. The Labute approximate surface area is 187 Å². The summed E-state index contributed by atoms with van der Waals surface area (Å²) in [6, 6.07) is -4.01. The van der Waals surface area contributed by atoms with Gasteiger partial charge in [-0.15, -0.1) is 0 Å². The van der Waals surface area contributed by atoms with E-state index in [0.29, 0.717) is 25.8 Å². The van der Waals surface area contributed by atoms with Crippen molar-refractivity contribution in [2.75, 3.05) is 12.3 Å². The van der Waals surface area contributed by atoms with E-state index < -0.39 is 47.9 Å². The average molecular weight is 462 g/mol. The van der Waals surface area contributed by atoms with E-state index in [0.717, 1.165) is 0 Å². The summed E-state index contributed by atoms with van der Waals surface area (Å²) < 4.78 is 0. The number of nitrogens with zero attached hydrogens (tertiary/aromatic N) is 1. The zero-order chi connectivity index (χ0) is 24.1. The van der Waals surface area contributed by atoms with Gasteiger partial charge in [-0.1, -0.05) is 20.3 Å². The van der Waals surface area contributed by atoms with Crippen molar-refractivity contribution in [3.63, 3.8) is 0 Å². The van der Waals surface area contributed by atoms with E-state index >= 15 is 0 Å². The number of carboxylic acids is 1. The van der Waals surface area contributed by atoms with Crippen LogP contribution in [0.4, 0.5) is 0 Å². The lowest BCUT2D eigenvalue weighted by Crippen LogP contribution is -2.58. The molecule has 0 aliphatic rings. The number of aliphatic imine (C=N–C) groups is 1. The predicted molar refractivity (Wildman–Crippen MR) is 120 cm³/mol. The van der Waals surface area contributed by atoms with Crippen LogP contribution < -0.4 is 33.2 Å². The third-order valence-corrected chi connectivity index (χ3v) is 5.01. The van der Waals surface area contributed by atoms with Gasteiger partial charge in [0.05, 0.1) is 6.04 Å². The Balaban J connectivity index is 5.00. The largest absolute Gasteiger partial charge is 0.480 e. The van der Waals surface area contributed by atoms with E-state index in [2.05, 4.69) is 33.6 Å². The second-order valence-corrected chi connectivity index (χ2v) is 7.60. The molecule has 178 valence electrons. The molecule has 5 atom stereocenters. The number of carboxylic acid groups (broad SMARTS) is 1. The minimum atomic E-state index is -1.20. The summed E-state index contributed by atoms with van der Waals surface area (Å²) in [6.07, 6.45) is 1.33. The molecular formula is C18H35N7O5S. The molecule has 10 N–H and O–H groups in total. The molecule has 0 aliphatic carbocycles. The van der Waals surface area contributed by atoms with Gasteiger partial charge in [-0.25, -0.2) is 0 Å². The Morgan fingerprint density at radius 3 is 2.13 bits per heavy atom. The molecule has 0 saturated heterocycles. The van der Waals surface area contributed by atoms with Crippen LogP contribution in [0.3, 0.4) is 0 Å². The fraction of sp³-hybridized carbons (Fsp3) is 0.722. The molecule has 0 bridgehead atoms. The lowest BCUT2D eigenvalue weighted by atomic mass is 9.97. The summed E-state index contributed by atoms with van der Waals surface area (Å²) in [5.74, 6) is -3.36. The van der Waals surface area contributed by atoms with Crippen molar-refractivity contribution in [3.05, 3.63) is 0 Å². The van der Waals surface area contributed by atoms with Gasteiger partial charge in [0.1, 0.15) is 18.1 Å². The number of hydrogen-bond donors (Lipinski definition) is 8. The predicted octanol–water partition coefficient (Wildman–Crippen LogP) is -2.10. The lowest BCUT2D eigenvalue weighted by Gasteiger charge is -2.27. The number of guanidine groups is 1. The summed E-state index contributed by atoms with van der Waals surface area (Å²) in [6.45, 7) is 5.22. The first-order valence-corrected chi connectivity index (χ1v) is 10.6. The standard InChI is InChI=1S/C18H35N7O5S/c1-4-9(2)13(16(28)23-10(3)17(29)30)25-15(27)12(8-31)24-14(26)11(19)6-5-7-22-18(20)21/h9-13,31H,4-8,19H2,1-3H3,(H,23,28)(H,24,26)(H,25,27)(H,29,30)(H4,20,21,22). The Bertz CT molecular complexity index is 657. The maximum Gasteiger partial charge on any atom is 0.325 e. The van der Waals surface area contributed by atoms with Gasteiger partial charge < -0.3 is 38.3 Å². The molecule has 5 unspecified atom stereocenters. The molecule has 12 nitrogen and oxygen atoms in total. The fourth-order valence-electron chi connectivity index (χ4n) is 2.44. The van der Waals surface area contributed by atoms with Crippen molar-refractivity contribution in [3.8, 4) is 0 Å². The molecular weight excluding hydrogens is 426 g/mol. The van der Waals surface area contributed by atoms with E-state index in [9.17, 15) is 19.2 Å². The van der Waals surface area contributed by atoms with E-state index in [1.807, 2.05) is 6.92 Å². The quantitative estimate of drug-likeness (QED) is 0.0619. The maximum atomic E-state index is 12.7. The Morgan fingerprint density at radius 1 is 1.03 bits per heavy atom. The highest BCUT2D eigenvalue weighted by Crippen LogP contribution is 2.09. The third-order valence-electron chi connectivity index (χ3n) is 4.64. The monoisotopic (exact) mass is 461 g/mol. The van der Waals surface area contributed by atoms with E-state index in [4.69, 9.17) is 22.3 Å². The summed E-state index contributed by atoms with van der Waals surface area (Å²) in [5.41, 5.74) is 16.3. The van der Waals surface area contributed by atoms with Gasteiger partial charge in [0.25, 0.3) is 0 Å². The third kappa shape index (κ3) is 10.9. The van der Waals surface area contributed by atoms with Crippen molar-refractivity contribution in [2.24, 2.45) is 28.1 Å². The fourth-order valence-corrected chi connectivity index (χ4v) is 2.70. The van der Waals surface area contributed by atoms with Crippen LogP contribution in [-0.4, -0.2) is 71.2 Å². The topological polar surface area (TPSA) is 215 Å². The number of nitrogens with two attached hydrogens (primary N) is 3. The van der Waals surface area contributed by atoms with Crippen LogP contribution in [0.1, 0.15) is 40.0 Å². The van der Waals surface area contributed by atoms with E-state index in [1.54, 1.807) is 6.92 Å². The Hall–Kier alpha value is -2.54. The summed E-state index contributed by atoms with van der Waals surface area (Å²) in [5, 5.41) is 16.4. The SMILES string of the molecule is CCC(C)C(NC(=O)C(CS)NC(=O)C(N)CCCN=C(N)N)C(=O)NC(C)C(=O)O. The zero-order valence-electron chi connectivity index (χ0n) is 18.1. The molecule has 0 saturated carbocycles. The molecule has 0 fully saturated rings. The van der Waals surface area contributed by atoms with Crippen molar-refractivity contribution >= 4 is 42.3 Å². The number of carbonyl (C=O) groups is 4. The molecule has 31 heavy (non-hydrogen) atoms. The van der Waals surface area contributed by atoms with E-state index in [1.165, 1.54) is 6.92 Å². The molecule has 0 radical (unpaired) electrons. The van der Waals surface area contributed by atoms with Crippen LogP contribution in [0.15, 0.2) is 4.99 Å². The second kappa shape index (κ2) is 14.5. The number of carbonyl (C=O) groups excluding carboxylic acids is 3. The number of rotatable bonds is 14. The highest BCUT2D eigenvalue weighted by atomic mass is 32.1. The molecule has 3 amide bonds. The molecule has 0 aromatic rings. The smallest absolute Gasteiger partial charge is 0.325 e. The number of amides is 3. The molecule has 0 aliphatic heterocycles. The van der Waals surface area contributed by atoms with Crippen LogP contribution in [0.5, 0.6) is 0 Å². The van der Waals surface area contributed by atoms with Crippen molar-refractivity contribution < 1.29 is 24.3 Å². The van der Waals surface area contributed by atoms with Gasteiger partial charge in [-0.2, -0.15) is 12.6 Å². The second-order valence-electron chi connectivity index (χ2n) is 7.24. The Kier molecular flexibility index (Phi) is 13.3. The molecule has 0 rings (SSSR count). The Morgan fingerprint density at radius 2 is 1.65 bits per heavy atom. The van der Waals surface area contributed by atoms with Gasteiger partial charge >= 0.3 is 5.97 Å². The number of hydrogen-bond acceptors (Lipinski definition) is 7. The molecule has 13 heteroatoms. The zero-order valence-corrected chi connectivity index (χ0v) is 19.0. The molecule has 0 spiro atoms. The first kappa shape index (κ1) is 28.5. The maximum absolute atomic E-state index is 12.7. The van der Waals surface area contributed by atoms with Gasteiger partial charge in [-0.3, -0.25) is 24.2 Å². The van der Waals surface area contributed by atoms with Crippen LogP contribution in [-0.2, 0) is 19.2 Å². The van der Waals surface area contributed by atoms with Crippen LogP contribution in [0, 0.1) is 5.92 Å². The van der Waals surface area contributed by atoms with Crippen molar-refractivity contribution in [2.45, 2.75) is 64.2 Å². The number of thiol groups is 1. The number of aliphatic carboxylic acids is 1. The van der Waals surface area contributed by atoms with Crippen molar-refractivity contribution in [1.82, 2.24) is 16.0 Å². The summed E-state index contributed by atoms with van der Waals surface area (Å²) >= 11 is 4.10. The van der Waals surface area contributed by atoms with Crippen molar-refractivity contribution in [1.29, 1.82) is 0 Å².